The molecule has 0 unspecified atom stereocenters. The van der Waals surface area contributed by atoms with Gasteiger partial charge in [0.15, 0.2) is 5.11 Å². The summed E-state index contributed by atoms with van der Waals surface area (Å²) in [7, 11) is 0. The van der Waals surface area contributed by atoms with Crippen molar-refractivity contribution in [2.45, 2.75) is 0 Å². The van der Waals surface area contributed by atoms with Crippen molar-refractivity contribution in [3.05, 3.63) is 88.4 Å². The number of ether oxygens (including phenoxy) is 1. The molecule has 136 valence electrons. The number of rotatable bonds is 4. The molecule has 2 N–H and O–H groups in total. The first kappa shape index (κ1) is 19.2. The number of amides is 1. The zero-order valence-electron chi connectivity index (χ0n) is 13.9. The Morgan fingerprint density at radius 3 is 2.07 bits per heavy atom. The monoisotopic (exact) mass is 416 g/mol. The van der Waals surface area contributed by atoms with Crippen LogP contribution in [-0.2, 0) is 0 Å². The number of hydrogen-bond acceptors (Lipinski definition) is 3. The van der Waals surface area contributed by atoms with Crippen LogP contribution in [0.1, 0.15) is 10.4 Å². The van der Waals surface area contributed by atoms with Gasteiger partial charge in [-0.05, 0) is 72.9 Å². The van der Waals surface area contributed by atoms with E-state index >= 15 is 0 Å². The Hall–Kier alpha value is -2.60. The third-order valence-electron chi connectivity index (χ3n) is 3.51. The maximum absolute atomic E-state index is 12.2. The molecule has 4 nitrogen and oxygen atoms in total. The molecule has 27 heavy (non-hydrogen) atoms. The van der Waals surface area contributed by atoms with E-state index in [1.807, 2.05) is 0 Å². The molecular formula is C20H14Cl2N2O2S. The number of hydrogen-bond donors (Lipinski definition) is 2. The second-order valence-corrected chi connectivity index (χ2v) is 6.72. The van der Waals surface area contributed by atoms with Gasteiger partial charge in [-0.1, -0.05) is 35.3 Å². The first-order valence-corrected chi connectivity index (χ1v) is 9.08. The molecule has 0 aliphatic carbocycles. The Morgan fingerprint density at radius 1 is 0.852 bits per heavy atom. The maximum atomic E-state index is 12.2. The lowest BCUT2D eigenvalue weighted by molar-refractivity contribution is 0.0978. The average molecular weight is 417 g/mol. The highest BCUT2D eigenvalue weighted by Gasteiger charge is 2.11. The molecule has 0 atom stereocenters. The topological polar surface area (TPSA) is 50.4 Å². The Morgan fingerprint density at radius 2 is 1.44 bits per heavy atom. The van der Waals surface area contributed by atoms with Crippen LogP contribution in [0.3, 0.4) is 0 Å². The van der Waals surface area contributed by atoms with Gasteiger partial charge in [-0.2, -0.15) is 0 Å². The van der Waals surface area contributed by atoms with Gasteiger partial charge in [0, 0.05) is 10.7 Å². The lowest BCUT2D eigenvalue weighted by Gasteiger charge is -2.11. The molecule has 0 fully saturated rings. The summed E-state index contributed by atoms with van der Waals surface area (Å²) in [5.41, 5.74) is 1.07. The summed E-state index contributed by atoms with van der Waals surface area (Å²) in [5, 5.41) is 6.72. The van der Waals surface area contributed by atoms with Crippen LogP contribution >= 0.6 is 35.4 Å². The fourth-order valence-corrected chi connectivity index (χ4v) is 2.78. The zero-order chi connectivity index (χ0) is 19.2. The van der Waals surface area contributed by atoms with E-state index in [0.717, 1.165) is 0 Å². The molecule has 0 aliphatic rings. The number of anilines is 1. The Bertz CT molecular complexity index is 960. The number of benzene rings is 3. The molecule has 7 heteroatoms. The lowest BCUT2D eigenvalue weighted by atomic mass is 10.2. The van der Waals surface area contributed by atoms with Gasteiger partial charge in [0.1, 0.15) is 11.5 Å². The van der Waals surface area contributed by atoms with Crippen LogP contribution in [-0.4, -0.2) is 11.0 Å². The van der Waals surface area contributed by atoms with Gasteiger partial charge < -0.3 is 10.1 Å². The molecule has 0 saturated carbocycles. The third kappa shape index (κ3) is 5.44. The van der Waals surface area contributed by atoms with E-state index in [0.29, 0.717) is 32.8 Å². The summed E-state index contributed by atoms with van der Waals surface area (Å²) in [4.78, 5) is 12.2. The molecule has 3 rings (SSSR count). The van der Waals surface area contributed by atoms with Crippen LogP contribution in [0.2, 0.25) is 10.0 Å². The van der Waals surface area contributed by atoms with Gasteiger partial charge >= 0.3 is 0 Å². The molecule has 0 bridgehead atoms. The molecule has 1 amide bonds. The van der Waals surface area contributed by atoms with Crippen molar-refractivity contribution in [1.29, 1.82) is 0 Å². The van der Waals surface area contributed by atoms with Crippen LogP contribution in [0.4, 0.5) is 5.69 Å². The second kappa shape index (κ2) is 8.86. The molecular weight excluding hydrogens is 403 g/mol. The van der Waals surface area contributed by atoms with Crippen molar-refractivity contribution < 1.29 is 9.53 Å². The predicted octanol–water partition coefficient (Wildman–Crippen LogP) is 5.91. The Labute approximate surface area is 172 Å². The van der Waals surface area contributed by atoms with E-state index in [1.165, 1.54) is 0 Å². The molecule has 0 heterocycles. The van der Waals surface area contributed by atoms with E-state index < -0.39 is 0 Å². The molecule has 0 aromatic heterocycles. The highest BCUT2D eigenvalue weighted by atomic mass is 35.5. The Kier molecular flexibility index (Phi) is 6.29. The Balaban J connectivity index is 1.57. The predicted molar refractivity (Wildman–Crippen MR) is 113 cm³/mol. The van der Waals surface area contributed by atoms with Gasteiger partial charge in [-0.3, -0.25) is 10.1 Å². The van der Waals surface area contributed by atoms with E-state index in [2.05, 4.69) is 10.6 Å². The summed E-state index contributed by atoms with van der Waals surface area (Å²) in [6.45, 7) is 0. The summed E-state index contributed by atoms with van der Waals surface area (Å²) in [6, 6.07) is 21.0. The minimum atomic E-state index is -0.374. The van der Waals surface area contributed by atoms with Crippen molar-refractivity contribution in [2.24, 2.45) is 0 Å². The van der Waals surface area contributed by atoms with Crippen molar-refractivity contribution in [2.75, 3.05) is 5.32 Å². The largest absolute Gasteiger partial charge is 0.457 e. The van der Waals surface area contributed by atoms with Crippen molar-refractivity contribution >= 4 is 52.1 Å². The quantitative estimate of drug-likeness (QED) is 0.518. The zero-order valence-corrected chi connectivity index (χ0v) is 16.2. The normalized spacial score (nSPS) is 10.1. The fourth-order valence-electron chi connectivity index (χ4n) is 2.22. The summed E-state index contributed by atoms with van der Waals surface area (Å²) >= 11 is 17.0. The standard InChI is InChI=1S/C20H14Cl2N2O2S/c21-13-5-9-15(10-6-13)26-16-11-7-14(8-12-16)23-20(27)24-19(25)17-3-1-2-4-18(17)22/h1-12H,(H2,23,24,25,27). The molecule has 0 radical (unpaired) electrons. The summed E-state index contributed by atoms with van der Waals surface area (Å²) < 4.78 is 5.73. The average Bonchev–Trinajstić information content (AvgIpc) is 2.65. The molecule has 0 saturated heterocycles. The smallest absolute Gasteiger partial charge is 0.258 e. The highest BCUT2D eigenvalue weighted by Crippen LogP contribution is 2.24. The minimum absolute atomic E-state index is 0.172. The van der Waals surface area contributed by atoms with Crippen molar-refractivity contribution in [1.82, 2.24) is 5.32 Å². The number of carbonyl (C=O) groups excluding carboxylic acids is 1. The maximum Gasteiger partial charge on any atom is 0.258 e. The van der Waals surface area contributed by atoms with Gasteiger partial charge in [0.2, 0.25) is 0 Å². The molecule has 3 aromatic rings. The fraction of sp³-hybridized carbons (Fsp3) is 0. The van der Waals surface area contributed by atoms with Crippen LogP contribution in [0, 0.1) is 0 Å². The summed E-state index contributed by atoms with van der Waals surface area (Å²) in [5.74, 6) is 0.970. The van der Waals surface area contributed by atoms with Crippen molar-refractivity contribution in [3.63, 3.8) is 0 Å². The van der Waals surface area contributed by atoms with Gasteiger partial charge in [-0.25, -0.2) is 0 Å². The molecule has 3 aromatic carbocycles. The van der Waals surface area contributed by atoms with Crippen molar-refractivity contribution in [3.8, 4) is 11.5 Å². The first-order chi connectivity index (χ1) is 13.0. The van der Waals surface area contributed by atoms with Crippen LogP contribution in [0.5, 0.6) is 11.5 Å². The van der Waals surface area contributed by atoms with Gasteiger partial charge in [0.25, 0.3) is 5.91 Å². The molecule has 0 spiro atoms. The van der Waals surface area contributed by atoms with E-state index in [9.17, 15) is 4.79 Å². The SMILES string of the molecule is O=C(NC(=S)Nc1ccc(Oc2ccc(Cl)cc2)cc1)c1ccccc1Cl. The molecule has 0 aliphatic heterocycles. The number of carbonyl (C=O) groups is 1. The number of halogens is 2. The number of thiocarbonyl (C=S) groups is 1. The van der Waals surface area contributed by atoms with Crippen LogP contribution in [0.15, 0.2) is 72.8 Å². The number of nitrogens with one attached hydrogen (secondary N) is 2. The van der Waals surface area contributed by atoms with E-state index in [4.69, 9.17) is 40.2 Å². The van der Waals surface area contributed by atoms with Gasteiger partial charge in [-0.15, -0.1) is 0 Å². The highest BCUT2D eigenvalue weighted by molar-refractivity contribution is 7.80. The second-order valence-electron chi connectivity index (χ2n) is 5.47. The third-order valence-corrected chi connectivity index (χ3v) is 4.29. The van der Waals surface area contributed by atoms with E-state index in [1.54, 1.807) is 72.8 Å². The van der Waals surface area contributed by atoms with Gasteiger partial charge in [0.05, 0.1) is 10.6 Å². The van der Waals surface area contributed by atoms with Crippen LogP contribution < -0.4 is 15.4 Å². The van der Waals surface area contributed by atoms with E-state index in [-0.39, 0.29) is 11.0 Å². The van der Waals surface area contributed by atoms with Crippen LogP contribution in [0.25, 0.3) is 0 Å². The minimum Gasteiger partial charge on any atom is -0.457 e. The first-order valence-electron chi connectivity index (χ1n) is 7.91. The summed E-state index contributed by atoms with van der Waals surface area (Å²) in [6.07, 6.45) is 0. The lowest BCUT2D eigenvalue weighted by Crippen LogP contribution is -2.34.